The average Bonchev–Trinajstić information content (AvgIpc) is 3.41. The van der Waals surface area contributed by atoms with Gasteiger partial charge in [0.15, 0.2) is 5.82 Å². The number of aromatic nitrogens is 5. The largest absolute Gasteiger partial charge is 0.392 e. The van der Waals surface area contributed by atoms with Crippen LogP contribution < -0.4 is 5.32 Å². The van der Waals surface area contributed by atoms with Crippen molar-refractivity contribution in [3.8, 4) is 11.3 Å². The maximum atomic E-state index is 12.5. The Morgan fingerprint density at radius 3 is 2.94 bits per heavy atom. The number of benzene rings is 2. The minimum atomic E-state index is -0.361. The standard InChI is InChI=1S/C23H25N7O2/c31-18-7-4-10-29(13-18)15-22(32)24-23-19-11-17(8-9-20(19)25-27-23)21-14-30(28-26-21)12-16-5-2-1-3-6-16/h1-3,5-6,8-9,11,14,18,31H,4,7,10,12-13,15H2,(H2,24,25,27,32). The van der Waals surface area contributed by atoms with Crippen molar-refractivity contribution in [3.05, 3.63) is 60.3 Å². The Hall–Kier alpha value is -3.56. The first kappa shape index (κ1) is 20.3. The number of fused-ring (bicyclic) bond motifs is 1. The van der Waals surface area contributed by atoms with Crippen LogP contribution in [0.2, 0.25) is 0 Å². The van der Waals surface area contributed by atoms with Crippen LogP contribution in [0.1, 0.15) is 18.4 Å². The highest BCUT2D eigenvalue weighted by Gasteiger charge is 2.20. The SMILES string of the molecule is O=C(CN1CCCC(O)C1)Nc1n[nH]c2ccc(-c3cn(Cc4ccccc4)nn3)cc12. The van der Waals surface area contributed by atoms with E-state index >= 15 is 0 Å². The fourth-order valence-corrected chi connectivity index (χ4v) is 4.10. The number of piperidine rings is 1. The molecule has 164 valence electrons. The number of likely N-dealkylation sites (tertiary alicyclic amines) is 1. The number of H-pyrrole nitrogens is 1. The number of carbonyl (C=O) groups excluding carboxylic acids is 1. The number of aliphatic hydroxyl groups is 1. The van der Waals surface area contributed by atoms with Gasteiger partial charge in [-0.1, -0.05) is 41.6 Å². The van der Waals surface area contributed by atoms with E-state index in [-0.39, 0.29) is 18.6 Å². The monoisotopic (exact) mass is 431 g/mol. The van der Waals surface area contributed by atoms with Crippen molar-refractivity contribution >= 4 is 22.6 Å². The Bertz CT molecular complexity index is 1220. The number of anilines is 1. The molecule has 0 spiro atoms. The van der Waals surface area contributed by atoms with E-state index in [2.05, 4.69) is 38.0 Å². The second-order valence-electron chi connectivity index (χ2n) is 8.20. The fraction of sp³-hybridized carbons (Fsp3) is 0.304. The number of β-amino-alcohol motifs (C(OH)–C–C–N with tert-alkyl or cyclic N) is 1. The molecule has 1 amide bonds. The lowest BCUT2D eigenvalue weighted by Gasteiger charge is -2.29. The van der Waals surface area contributed by atoms with Gasteiger partial charge in [-0.3, -0.25) is 14.8 Å². The molecule has 0 aliphatic carbocycles. The van der Waals surface area contributed by atoms with Gasteiger partial charge in [0.05, 0.1) is 30.9 Å². The highest BCUT2D eigenvalue weighted by Crippen LogP contribution is 2.26. The third-order valence-corrected chi connectivity index (χ3v) is 5.69. The highest BCUT2D eigenvalue weighted by molar-refractivity contribution is 6.01. The zero-order valence-corrected chi connectivity index (χ0v) is 17.6. The van der Waals surface area contributed by atoms with Gasteiger partial charge in [0, 0.05) is 17.5 Å². The maximum Gasteiger partial charge on any atom is 0.239 e. The van der Waals surface area contributed by atoms with E-state index in [1.54, 1.807) is 4.68 Å². The van der Waals surface area contributed by atoms with Crippen LogP contribution in [0.15, 0.2) is 54.7 Å². The van der Waals surface area contributed by atoms with E-state index in [9.17, 15) is 9.90 Å². The van der Waals surface area contributed by atoms with Gasteiger partial charge in [0.2, 0.25) is 5.91 Å². The average molecular weight is 432 g/mol. The highest BCUT2D eigenvalue weighted by atomic mass is 16.3. The second kappa shape index (κ2) is 8.89. The molecule has 32 heavy (non-hydrogen) atoms. The lowest BCUT2D eigenvalue weighted by Crippen LogP contribution is -2.42. The van der Waals surface area contributed by atoms with Gasteiger partial charge in [0.1, 0.15) is 5.69 Å². The number of hydrogen-bond donors (Lipinski definition) is 3. The maximum absolute atomic E-state index is 12.5. The Kier molecular flexibility index (Phi) is 5.66. The number of hydrogen-bond acceptors (Lipinski definition) is 6. The summed E-state index contributed by atoms with van der Waals surface area (Å²) in [5.74, 6) is 0.341. The van der Waals surface area contributed by atoms with Crippen molar-refractivity contribution in [3.63, 3.8) is 0 Å². The number of amides is 1. The summed E-state index contributed by atoms with van der Waals surface area (Å²) in [7, 11) is 0. The third kappa shape index (κ3) is 4.53. The van der Waals surface area contributed by atoms with Crippen LogP contribution in [-0.2, 0) is 11.3 Å². The molecule has 1 aliphatic heterocycles. The first-order valence-electron chi connectivity index (χ1n) is 10.8. The van der Waals surface area contributed by atoms with Gasteiger partial charge in [-0.2, -0.15) is 5.10 Å². The molecule has 1 fully saturated rings. The molecule has 1 atom stereocenters. The third-order valence-electron chi connectivity index (χ3n) is 5.69. The number of aliphatic hydroxyl groups excluding tert-OH is 1. The summed E-state index contributed by atoms with van der Waals surface area (Å²) in [6.45, 7) is 2.22. The van der Waals surface area contributed by atoms with Crippen molar-refractivity contribution in [1.29, 1.82) is 0 Å². The van der Waals surface area contributed by atoms with Crippen molar-refractivity contribution in [1.82, 2.24) is 30.1 Å². The Morgan fingerprint density at radius 1 is 1.22 bits per heavy atom. The summed E-state index contributed by atoms with van der Waals surface area (Å²) in [6, 6.07) is 15.9. The van der Waals surface area contributed by atoms with Crippen LogP contribution in [0, 0.1) is 0 Å². The van der Waals surface area contributed by atoms with Gasteiger partial charge >= 0.3 is 0 Å². The van der Waals surface area contributed by atoms with Crippen LogP contribution in [0.25, 0.3) is 22.2 Å². The van der Waals surface area contributed by atoms with E-state index in [0.29, 0.717) is 18.9 Å². The molecule has 0 bridgehead atoms. The molecule has 1 saturated heterocycles. The predicted octanol–water partition coefficient (Wildman–Crippen LogP) is 2.26. The van der Waals surface area contributed by atoms with Gasteiger partial charge in [-0.25, -0.2) is 4.68 Å². The smallest absolute Gasteiger partial charge is 0.239 e. The van der Waals surface area contributed by atoms with Crippen LogP contribution in [-0.4, -0.2) is 66.8 Å². The Labute approximate surface area is 185 Å². The molecule has 0 saturated carbocycles. The molecule has 2 aromatic heterocycles. The molecule has 0 radical (unpaired) electrons. The lowest BCUT2D eigenvalue weighted by molar-refractivity contribution is -0.118. The van der Waals surface area contributed by atoms with Gasteiger partial charge in [0.25, 0.3) is 0 Å². The first-order valence-corrected chi connectivity index (χ1v) is 10.8. The summed E-state index contributed by atoms with van der Waals surface area (Å²) < 4.78 is 1.81. The number of rotatable bonds is 6. The molecule has 1 unspecified atom stereocenters. The minimum Gasteiger partial charge on any atom is -0.392 e. The number of carbonyl (C=O) groups is 1. The molecular formula is C23H25N7O2. The van der Waals surface area contributed by atoms with Crippen LogP contribution in [0.3, 0.4) is 0 Å². The number of nitrogens with one attached hydrogen (secondary N) is 2. The molecular weight excluding hydrogens is 406 g/mol. The minimum absolute atomic E-state index is 0.147. The topological polar surface area (TPSA) is 112 Å². The normalized spacial score (nSPS) is 17.0. The van der Waals surface area contributed by atoms with Crippen LogP contribution in [0.5, 0.6) is 0 Å². The van der Waals surface area contributed by atoms with Crippen LogP contribution in [0.4, 0.5) is 5.82 Å². The van der Waals surface area contributed by atoms with Gasteiger partial charge < -0.3 is 10.4 Å². The van der Waals surface area contributed by atoms with E-state index in [1.807, 2.05) is 47.5 Å². The Morgan fingerprint density at radius 2 is 2.09 bits per heavy atom. The van der Waals surface area contributed by atoms with E-state index < -0.39 is 0 Å². The summed E-state index contributed by atoms with van der Waals surface area (Å²) in [6.07, 6.45) is 3.24. The lowest BCUT2D eigenvalue weighted by atomic mass is 10.1. The zero-order chi connectivity index (χ0) is 21.9. The van der Waals surface area contributed by atoms with Crippen molar-refractivity contribution in [2.45, 2.75) is 25.5 Å². The molecule has 2 aromatic carbocycles. The first-order chi connectivity index (χ1) is 15.6. The second-order valence-corrected chi connectivity index (χ2v) is 8.20. The molecule has 9 heteroatoms. The van der Waals surface area contributed by atoms with Gasteiger partial charge in [-0.15, -0.1) is 5.10 Å². The van der Waals surface area contributed by atoms with E-state index in [1.165, 1.54) is 0 Å². The summed E-state index contributed by atoms with van der Waals surface area (Å²) in [5.41, 5.74) is 3.63. The quantitative estimate of drug-likeness (QED) is 0.432. The fourth-order valence-electron chi connectivity index (χ4n) is 4.10. The molecule has 5 rings (SSSR count). The zero-order valence-electron chi connectivity index (χ0n) is 17.6. The molecule has 9 nitrogen and oxygen atoms in total. The summed E-state index contributed by atoms with van der Waals surface area (Å²) >= 11 is 0. The summed E-state index contributed by atoms with van der Waals surface area (Å²) in [4.78, 5) is 14.5. The van der Waals surface area contributed by atoms with Crippen molar-refractivity contribution in [2.75, 3.05) is 25.0 Å². The van der Waals surface area contributed by atoms with Gasteiger partial charge in [-0.05, 0) is 37.1 Å². The number of nitrogens with zero attached hydrogens (tertiary/aromatic N) is 5. The van der Waals surface area contributed by atoms with E-state index in [0.717, 1.165) is 47.1 Å². The van der Waals surface area contributed by atoms with Crippen molar-refractivity contribution < 1.29 is 9.90 Å². The number of aromatic amines is 1. The Balaban J connectivity index is 1.31. The molecule has 1 aliphatic rings. The molecule has 4 aromatic rings. The van der Waals surface area contributed by atoms with E-state index in [4.69, 9.17) is 0 Å². The predicted molar refractivity (Wildman–Crippen MR) is 121 cm³/mol. The molecule has 3 heterocycles. The summed E-state index contributed by atoms with van der Waals surface area (Å²) in [5, 5.41) is 29.3. The van der Waals surface area contributed by atoms with Crippen molar-refractivity contribution in [2.24, 2.45) is 0 Å². The van der Waals surface area contributed by atoms with Crippen LogP contribution >= 0.6 is 0 Å². The molecule has 3 N–H and O–H groups in total.